The van der Waals surface area contributed by atoms with E-state index >= 15 is 0 Å². The maximum absolute atomic E-state index is 13.7. The van der Waals surface area contributed by atoms with Gasteiger partial charge in [0.1, 0.15) is 11.3 Å². The number of aromatic amines is 1. The second-order valence-electron chi connectivity index (χ2n) is 9.49. The normalized spacial score (nSPS) is 11.4. The summed E-state index contributed by atoms with van der Waals surface area (Å²) in [4.78, 5) is 15.4. The Kier molecular flexibility index (Phi) is 7.12. The number of aryl methyl sites for hydroxylation is 1. The Morgan fingerprint density at radius 3 is 2.49 bits per heavy atom. The third kappa shape index (κ3) is 5.61. The van der Waals surface area contributed by atoms with Gasteiger partial charge in [-0.15, -0.1) is 0 Å². The molecule has 0 fully saturated rings. The Bertz CT molecular complexity index is 1520. The summed E-state index contributed by atoms with van der Waals surface area (Å²) < 4.78 is 6.31. The van der Waals surface area contributed by atoms with E-state index in [9.17, 15) is 4.79 Å². The molecule has 0 saturated heterocycles. The molecule has 2 heterocycles. The Hall–Kier alpha value is -3.87. The van der Waals surface area contributed by atoms with Crippen molar-refractivity contribution in [3.05, 3.63) is 106 Å². The lowest BCUT2D eigenvalue weighted by atomic mass is 10.1. The van der Waals surface area contributed by atoms with Crippen molar-refractivity contribution in [2.24, 2.45) is 0 Å². The van der Waals surface area contributed by atoms with Crippen LogP contribution in [-0.2, 0) is 13.1 Å². The molecule has 1 amide bonds. The molecular formula is C30H29ClN4O2. The van der Waals surface area contributed by atoms with Gasteiger partial charge in [-0.3, -0.25) is 9.89 Å². The van der Waals surface area contributed by atoms with Crippen LogP contribution in [0.25, 0.3) is 22.3 Å². The molecule has 0 aliphatic heterocycles. The molecule has 7 heteroatoms. The Morgan fingerprint density at radius 1 is 1.05 bits per heavy atom. The molecule has 6 nitrogen and oxygen atoms in total. The average Bonchev–Trinajstić information content (AvgIpc) is 3.53. The number of benzene rings is 3. The van der Waals surface area contributed by atoms with Crippen LogP contribution in [0.5, 0.6) is 0 Å². The maximum atomic E-state index is 13.7. The van der Waals surface area contributed by atoms with Crippen molar-refractivity contribution >= 4 is 34.2 Å². The number of hydrogen-bond acceptors (Lipinski definition) is 4. The van der Waals surface area contributed by atoms with Gasteiger partial charge in [0.15, 0.2) is 5.69 Å². The fourth-order valence-corrected chi connectivity index (χ4v) is 4.53. The first-order valence-corrected chi connectivity index (χ1v) is 12.7. The van der Waals surface area contributed by atoms with E-state index in [1.165, 1.54) is 0 Å². The van der Waals surface area contributed by atoms with Gasteiger partial charge in [-0.25, -0.2) is 0 Å². The number of aromatic nitrogens is 2. The first-order valence-electron chi connectivity index (χ1n) is 12.3. The minimum atomic E-state index is -0.208. The fourth-order valence-electron chi connectivity index (χ4n) is 4.28. The molecule has 0 saturated carbocycles. The molecule has 0 bridgehead atoms. The highest BCUT2D eigenvalue weighted by Gasteiger charge is 2.23. The SMILES string of the molecule is Cc1cc(C(=O)N(Cc2cc(Cl)cc3cc(-c4ccccc4)oc23)c2ccc(CNC(C)C)cc2)n[nH]1. The molecule has 37 heavy (non-hydrogen) atoms. The number of anilines is 1. The fraction of sp³-hybridized carbons (Fsp3) is 0.200. The van der Waals surface area contributed by atoms with Gasteiger partial charge in [0.25, 0.3) is 5.91 Å². The quantitative estimate of drug-likeness (QED) is 0.232. The predicted octanol–water partition coefficient (Wildman–Crippen LogP) is 7.13. The highest BCUT2D eigenvalue weighted by molar-refractivity contribution is 6.31. The largest absolute Gasteiger partial charge is 0.456 e. The van der Waals surface area contributed by atoms with E-state index in [4.69, 9.17) is 16.0 Å². The van der Waals surface area contributed by atoms with Crippen LogP contribution in [0.4, 0.5) is 5.69 Å². The molecule has 188 valence electrons. The number of carbonyl (C=O) groups excluding carboxylic acids is 1. The Morgan fingerprint density at radius 2 is 1.81 bits per heavy atom. The number of halogens is 1. The van der Waals surface area contributed by atoms with Crippen molar-refractivity contribution < 1.29 is 9.21 Å². The van der Waals surface area contributed by atoms with Crippen molar-refractivity contribution in [2.75, 3.05) is 4.90 Å². The van der Waals surface area contributed by atoms with Gasteiger partial charge >= 0.3 is 0 Å². The third-order valence-corrected chi connectivity index (χ3v) is 6.40. The number of hydrogen-bond donors (Lipinski definition) is 2. The number of carbonyl (C=O) groups is 1. The smallest absolute Gasteiger partial charge is 0.279 e. The molecule has 2 N–H and O–H groups in total. The summed E-state index contributed by atoms with van der Waals surface area (Å²) in [6.07, 6.45) is 0. The maximum Gasteiger partial charge on any atom is 0.279 e. The number of amides is 1. The van der Waals surface area contributed by atoms with Gasteiger partial charge in [0.2, 0.25) is 0 Å². The molecule has 5 aromatic rings. The highest BCUT2D eigenvalue weighted by atomic mass is 35.5. The number of rotatable bonds is 8. The Balaban J connectivity index is 1.53. The first kappa shape index (κ1) is 24.8. The molecule has 0 spiro atoms. The standard InChI is InChI=1S/C30H29ClN4O2/c1-19(2)32-17-21-9-11-26(12-10-21)35(30(36)27-13-20(3)33-34-27)18-24-15-25(31)14-23-16-28(37-29(23)24)22-7-5-4-6-8-22/h4-16,19,32H,17-18H2,1-3H3,(H,33,34). The molecule has 0 unspecified atom stereocenters. The van der Waals surface area contributed by atoms with Crippen molar-refractivity contribution in [3.8, 4) is 11.3 Å². The van der Waals surface area contributed by atoms with Crippen molar-refractivity contribution in [2.45, 2.75) is 39.9 Å². The lowest BCUT2D eigenvalue weighted by molar-refractivity contribution is 0.0980. The molecule has 0 aliphatic rings. The zero-order valence-electron chi connectivity index (χ0n) is 21.1. The van der Waals surface area contributed by atoms with E-state index in [-0.39, 0.29) is 12.5 Å². The van der Waals surface area contributed by atoms with Gasteiger partial charge in [0, 0.05) is 45.5 Å². The molecule has 0 radical (unpaired) electrons. The summed E-state index contributed by atoms with van der Waals surface area (Å²) in [7, 11) is 0. The van der Waals surface area contributed by atoms with E-state index in [0.29, 0.717) is 22.3 Å². The second-order valence-corrected chi connectivity index (χ2v) is 9.93. The van der Waals surface area contributed by atoms with E-state index in [1.54, 1.807) is 11.0 Å². The molecule has 0 atom stereocenters. The second kappa shape index (κ2) is 10.6. The lowest BCUT2D eigenvalue weighted by Crippen LogP contribution is -2.31. The summed E-state index contributed by atoms with van der Waals surface area (Å²) in [5.74, 6) is 0.544. The number of nitrogens with one attached hydrogen (secondary N) is 2. The molecule has 3 aromatic carbocycles. The van der Waals surface area contributed by atoms with Crippen LogP contribution in [0, 0.1) is 6.92 Å². The average molecular weight is 513 g/mol. The summed E-state index contributed by atoms with van der Waals surface area (Å²) in [5.41, 5.74) is 5.58. The zero-order valence-corrected chi connectivity index (χ0v) is 21.8. The third-order valence-electron chi connectivity index (χ3n) is 6.18. The van der Waals surface area contributed by atoms with Crippen molar-refractivity contribution in [3.63, 3.8) is 0 Å². The summed E-state index contributed by atoms with van der Waals surface area (Å²) in [6.45, 7) is 7.13. The minimum absolute atomic E-state index is 0.208. The molecule has 5 rings (SSSR count). The summed E-state index contributed by atoms with van der Waals surface area (Å²) in [6, 6.07) is 25.8. The highest BCUT2D eigenvalue weighted by Crippen LogP contribution is 2.34. The summed E-state index contributed by atoms with van der Waals surface area (Å²) >= 11 is 6.52. The van der Waals surface area contributed by atoms with Crippen LogP contribution in [0.15, 0.2) is 83.3 Å². The molecule has 2 aromatic heterocycles. The zero-order chi connectivity index (χ0) is 25.9. The number of furan rings is 1. The molecule has 0 aliphatic carbocycles. The van der Waals surface area contributed by atoms with Crippen LogP contribution in [0.2, 0.25) is 5.02 Å². The van der Waals surface area contributed by atoms with Gasteiger partial charge < -0.3 is 14.6 Å². The van der Waals surface area contributed by atoms with Crippen LogP contribution < -0.4 is 10.2 Å². The van der Waals surface area contributed by atoms with E-state index in [0.717, 1.165) is 45.8 Å². The topological polar surface area (TPSA) is 74.2 Å². The first-order chi connectivity index (χ1) is 17.9. The number of nitrogens with zero attached hydrogens (tertiary/aromatic N) is 2. The minimum Gasteiger partial charge on any atom is -0.456 e. The van der Waals surface area contributed by atoms with Gasteiger partial charge in [0.05, 0.1) is 6.54 Å². The van der Waals surface area contributed by atoms with Gasteiger partial charge in [-0.1, -0.05) is 67.9 Å². The summed E-state index contributed by atoms with van der Waals surface area (Å²) in [5, 5.41) is 12.0. The molecular weight excluding hydrogens is 484 g/mol. The van der Waals surface area contributed by atoms with Crippen molar-refractivity contribution in [1.29, 1.82) is 0 Å². The predicted molar refractivity (Wildman–Crippen MR) is 149 cm³/mol. The van der Waals surface area contributed by atoms with E-state index in [1.807, 2.05) is 79.7 Å². The van der Waals surface area contributed by atoms with Gasteiger partial charge in [-0.05, 0) is 48.9 Å². The van der Waals surface area contributed by atoms with Crippen LogP contribution in [0.3, 0.4) is 0 Å². The van der Waals surface area contributed by atoms with Gasteiger partial charge in [-0.2, -0.15) is 5.10 Å². The van der Waals surface area contributed by atoms with Crippen molar-refractivity contribution in [1.82, 2.24) is 15.5 Å². The monoisotopic (exact) mass is 512 g/mol. The number of H-pyrrole nitrogens is 1. The van der Waals surface area contributed by atoms with E-state index in [2.05, 4.69) is 29.4 Å². The van der Waals surface area contributed by atoms with Crippen LogP contribution >= 0.6 is 11.6 Å². The van der Waals surface area contributed by atoms with Crippen LogP contribution in [0.1, 0.15) is 41.2 Å². The lowest BCUT2D eigenvalue weighted by Gasteiger charge is -2.23. The Labute approximate surface area is 221 Å². The van der Waals surface area contributed by atoms with E-state index < -0.39 is 0 Å². The van der Waals surface area contributed by atoms with Crippen LogP contribution in [-0.4, -0.2) is 22.1 Å². The number of fused-ring (bicyclic) bond motifs is 1.